The highest BCUT2D eigenvalue weighted by Crippen LogP contribution is 2.38. The van der Waals surface area contributed by atoms with Crippen molar-refractivity contribution in [2.45, 2.75) is 30.2 Å². The van der Waals surface area contributed by atoms with E-state index >= 15 is 0 Å². The van der Waals surface area contributed by atoms with Crippen LogP contribution in [0.1, 0.15) is 24.6 Å². The van der Waals surface area contributed by atoms with Gasteiger partial charge in [0, 0.05) is 19.0 Å². The Balaban J connectivity index is 1.64. The summed E-state index contributed by atoms with van der Waals surface area (Å²) < 4.78 is 28.8. The van der Waals surface area contributed by atoms with Crippen LogP contribution >= 0.6 is 11.6 Å². The Kier molecular flexibility index (Phi) is 3.97. The Morgan fingerprint density at radius 1 is 1.33 bits per heavy atom. The first-order valence-electron chi connectivity index (χ1n) is 6.70. The second kappa shape index (κ2) is 5.75. The van der Waals surface area contributed by atoms with E-state index in [1.54, 1.807) is 24.5 Å². The predicted molar refractivity (Wildman–Crippen MR) is 78.6 cm³/mol. The van der Waals surface area contributed by atoms with Gasteiger partial charge in [-0.3, -0.25) is 0 Å². The van der Waals surface area contributed by atoms with Crippen molar-refractivity contribution in [1.29, 1.82) is 0 Å². The number of hydrogen-bond donors (Lipinski definition) is 1. The fourth-order valence-corrected chi connectivity index (χ4v) is 3.67. The summed E-state index contributed by atoms with van der Waals surface area (Å²) in [5, 5.41) is 8.18. The van der Waals surface area contributed by atoms with Crippen LogP contribution in [0.4, 0.5) is 0 Å². The third kappa shape index (κ3) is 3.25. The standard InChI is InChI=1S/C13H15ClN4O2S/c14-11-3-1-2-4-12(11)21(19,20)16-7-8-18-9-15-17-13(18)10-5-6-10/h1-4,9-10,16H,5-8H2. The normalized spacial score (nSPS) is 15.3. The van der Waals surface area contributed by atoms with Crippen molar-refractivity contribution < 1.29 is 8.42 Å². The summed E-state index contributed by atoms with van der Waals surface area (Å²) in [7, 11) is -3.60. The van der Waals surface area contributed by atoms with Crippen molar-refractivity contribution in [2.75, 3.05) is 6.54 Å². The average Bonchev–Trinajstić information content (AvgIpc) is 3.19. The Morgan fingerprint density at radius 3 is 2.81 bits per heavy atom. The molecule has 0 atom stereocenters. The van der Waals surface area contributed by atoms with Crippen molar-refractivity contribution >= 4 is 21.6 Å². The Morgan fingerprint density at radius 2 is 2.10 bits per heavy atom. The van der Waals surface area contributed by atoms with Crippen LogP contribution in [0.5, 0.6) is 0 Å². The van der Waals surface area contributed by atoms with E-state index in [-0.39, 0.29) is 16.5 Å². The quantitative estimate of drug-likeness (QED) is 0.878. The van der Waals surface area contributed by atoms with Gasteiger partial charge in [0.05, 0.1) is 5.02 Å². The number of hydrogen-bond acceptors (Lipinski definition) is 4. The first kappa shape index (κ1) is 14.5. The fraction of sp³-hybridized carbons (Fsp3) is 0.385. The molecule has 0 aliphatic heterocycles. The summed E-state index contributed by atoms with van der Waals surface area (Å²) in [6.07, 6.45) is 3.89. The van der Waals surface area contributed by atoms with Crippen LogP contribution in [0, 0.1) is 0 Å². The molecule has 3 rings (SSSR count). The first-order chi connectivity index (χ1) is 10.1. The molecule has 1 aromatic heterocycles. The largest absolute Gasteiger partial charge is 0.316 e. The second-order valence-electron chi connectivity index (χ2n) is 4.99. The molecule has 112 valence electrons. The van der Waals surface area contributed by atoms with Crippen molar-refractivity contribution in [2.24, 2.45) is 0 Å². The number of halogens is 1. The van der Waals surface area contributed by atoms with Gasteiger partial charge in [0.25, 0.3) is 0 Å². The number of nitrogens with zero attached hydrogens (tertiary/aromatic N) is 3. The highest BCUT2D eigenvalue weighted by molar-refractivity contribution is 7.89. The van der Waals surface area contributed by atoms with Gasteiger partial charge in [-0.25, -0.2) is 13.1 Å². The average molecular weight is 327 g/mol. The molecule has 0 amide bonds. The molecule has 21 heavy (non-hydrogen) atoms. The smallest absolute Gasteiger partial charge is 0.242 e. The van der Waals surface area contributed by atoms with Crippen molar-refractivity contribution in [3.63, 3.8) is 0 Å². The van der Waals surface area contributed by atoms with Gasteiger partial charge in [-0.15, -0.1) is 10.2 Å². The van der Waals surface area contributed by atoms with Gasteiger partial charge in [-0.2, -0.15) is 0 Å². The van der Waals surface area contributed by atoms with E-state index in [9.17, 15) is 8.42 Å². The van der Waals surface area contributed by atoms with Gasteiger partial charge in [-0.1, -0.05) is 23.7 Å². The highest BCUT2D eigenvalue weighted by atomic mass is 35.5. The molecule has 2 aromatic rings. The molecule has 1 saturated carbocycles. The van der Waals surface area contributed by atoms with Gasteiger partial charge in [0.2, 0.25) is 10.0 Å². The van der Waals surface area contributed by atoms with Crippen LogP contribution in [-0.4, -0.2) is 29.7 Å². The Bertz CT molecular complexity index is 740. The molecule has 1 aliphatic carbocycles. The monoisotopic (exact) mass is 326 g/mol. The van der Waals surface area contributed by atoms with E-state index in [4.69, 9.17) is 11.6 Å². The summed E-state index contributed by atoms with van der Waals surface area (Å²) >= 11 is 5.92. The summed E-state index contributed by atoms with van der Waals surface area (Å²) in [6.45, 7) is 0.772. The van der Waals surface area contributed by atoms with Crippen LogP contribution in [0.3, 0.4) is 0 Å². The number of benzene rings is 1. The maximum absolute atomic E-state index is 12.2. The number of rotatable bonds is 6. The van der Waals surface area contributed by atoms with Gasteiger partial charge < -0.3 is 4.57 Å². The molecule has 0 spiro atoms. The minimum absolute atomic E-state index is 0.0952. The molecule has 0 unspecified atom stereocenters. The van der Waals surface area contributed by atoms with E-state index in [2.05, 4.69) is 14.9 Å². The van der Waals surface area contributed by atoms with Crippen LogP contribution in [-0.2, 0) is 16.6 Å². The molecular weight excluding hydrogens is 312 g/mol. The van der Waals surface area contributed by atoms with Gasteiger partial charge in [0.1, 0.15) is 17.0 Å². The molecule has 1 N–H and O–H groups in total. The molecule has 8 heteroatoms. The van der Waals surface area contributed by atoms with E-state index in [1.165, 1.54) is 6.07 Å². The van der Waals surface area contributed by atoms with E-state index in [0.717, 1.165) is 18.7 Å². The third-order valence-corrected chi connectivity index (χ3v) is 5.32. The highest BCUT2D eigenvalue weighted by Gasteiger charge is 2.28. The fourth-order valence-electron chi connectivity index (χ4n) is 2.13. The molecule has 1 fully saturated rings. The summed E-state index contributed by atoms with van der Waals surface area (Å²) in [5.74, 6) is 1.42. The molecule has 0 bridgehead atoms. The van der Waals surface area contributed by atoms with E-state index in [0.29, 0.717) is 12.5 Å². The Labute approximate surface area is 128 Å². The lowest BCUT2D eigenvalue weighted by Crippen LogP contribution is -2.28. The maximum Gasteiger partial charge on any atom is 0.242 e. The van der Waals surface area contributed by atoms with Crippen molar-refractivity contribution in [3.05, 3.63) is 41.4 Å². The van der Waals surface area contributed by atoms with Crippen LogP contribution in [0.15, 0.2) is 35.5 Å². The Hall–Kier alpha value is -1.44. The summed E-state index contributed by atoms with van der Waals surface area (Å²) in [6, 6.07) is 6.38. The molecule has 1 aliphatic rings. The molecule has 6 nitrogen and oxygen atoms in total. The van der Waals surface area contributed by atoms with Crippen LogP contribution < -0.4 is 4.72 Å². The summed E-state index contributed by atoms with van der Waals surface area (Å²) in [5.41, 5.74) is 0. The van der Waals surface area contributed by atoms with Crippen molar-refractivity contribution in [1.82, 2.24) is 19.5 Å². The lowest BCUT2D eigenvalue weighted by Gasteiger charge is -2.09. The van der Waals surface area contributed by atoms with E-state index < -0.39 is 10.0 Å². The van der Waals surface area contributed by atoms with Crippen LogP contribution in [0.2, 0.25) is 5.02 Å². The molecule has 0 saturated heterocycles. The molecule has 0 radical (unpaired) electrons. The minimum Gasteiger partial charge on any atom is -0.316 e. The number of nitrogens with one attached hydrogen (secondary N) is 1. The minimum atomic E-state index is -3.60. The van der Waals surface area contributed by atoms with E-state index in [1.807, 2.05) is 4.57 Å². The van der Waals surface area contributed by atoms with Gasteiger partial charge >= 0.3 is 0 Å². The van der Waals surface area contributed by atoms with Gasteiger partial charge in [0.15, 0.2) is 0 Å². The van der Waals surface area contributed by atoms with Crippen molar-refractivity contribution in [3.8, 4) is 0 Å². The topological polar surface area (TPSA) is 76.9 Å². The maximum atomic E-state index is 12.2. The van der Waals surface area contributed by atoms with Crippen LogP contribution in [0.25, 0.3) is 0 Å². The van der Waals surface area contributed by atoms with Gasteiger partial charge in [-0.05, 0) is 25.0 Å². The second-order valence-corrected chi connectivity index (χ2v) is 7.13. The summed E-state index contributed by atoms with van der Waals surface area (Å²) in [4.78, 5) is 0.0952. The zero-order valence-electron chi connectivity index (χ0n) is 11.2. The predicted octanol–water partition coefficient (Wildman–Crippen LogP) is 1.79. The molecule has 1 aromatic carbocycles. The lowest BCUT2D eigenvalue weighted by atomic mass is 10.4. The zero-order valence-corrected chi connectivity index (χ0v) is 12.8. The lowest BCUT2D eigenvalue weighted by molar-refractivity contribution is 0.569. The number of sulfonamides is 1. The SMILES string of the molecule is O=S(=O)(NCCn1cnnc1C1CC1)c1ccccc1Cl. The number of aromatic nitrogens is 3. The first-order valence-corrected chi connectivity index (χ1v) is 8.56. The zero-order chi connectivity index (χ0) is 14.9. The molecule has 1 heterocycles. The third-order valence-electron chi connectivity index (χ3n) is 3.36. The molecular formula is C13H15ClN4O2S.